The van der Waals surface area contributed by atoms with Crippen LogP contribution in [0.1, 0.15) is 5.56 Å². The van der Waals surface area contributed by atoms with Crippen molar-refractivity contribution < 1.29 is 17.9 Å². The van der Waals surface area contributed by atoms with Crippen LogP contribution in [0.4, 0.5) is 11.4 Å². The highest BCUT2D eigenvalue weighted by Crippen LogP contribution is 2.21. The first kappa shape index (κ1) is 16.7. The monoisotopic (exact) mass is 327 g/mol. The molecule has 0 radical (unpaired) electrons. The van der Waals surface area contributed by atoms with Crippen LogP contribution in [0.3, 0.4) is 0 Å². The molecular weight excluding hydrogens is 306 g/mol. The SMILES string of the molecule is Cc1ccc(NC(=O)CN2CCOCC2)cc1NS(C)(=O)=O. The van der Waals surface area contributed by atoms with Crippen LogP contribution in [0.5, 0.6) is 0 Å². The van der Waals surface area contributed by atoms with E-state index < -0.39 is 10.0 Å². The zero-order valence-corrected chi connectivity index (χ0v) is 13.6. The fourth-order valence-corrected chi connectivity index (χ4v) is 2.79. The second-order valence-corrected chi connectivity index (χ2v) is 7.09. The van der Waals surface area contributed by atoms with Gasteiger partial charge in [-0.15, -0.1) is 0 Å². The van der Waals surface area contributed by atoms with Crippen molar-refractivity contribution >= 4 is 27.3 Å². The van der Waals surface area contributed by atoms with Crippen molar-refractivity contribution in [3.05, 3.63) is 23.8 Å². The van der Waals surface area contributed by atoms with Crippen molar-refractivity contribution in [1.82, 2.24) is 4.90 Å². The minimum Gasteiger partial charge on any atom is -0.379 e. The lowest BCUT2D eigenvalue weighted by Crippen LogP contribution is -2.41. The van der Waals surface area contributed by atoms with Crippen molar-refractivity contribution in [3.8, 4) is 0 Å². The van der Waals surface area contributed by atoms with Crippen LogP contribution < -0.4 is 10.0 Å². The highest BCUT2D eigenvalue weighted by Gasteiger charge is 2.14. The normalized spacial score (nSPS) is 16.3. The topological polar surface area (TPSA) is 87.7 Å². The number of benzene rings is 1. The van der Waals surface area contributed by atoms with Gasteiger partial charge in [-0.1, -0.05) is 6.07 Å². The summed E-state index contributed by atoms with van der Waals surface area (Å²) in [5.41, 5.74) is 1.82. The lowest BCUT2D eigenvalue weighted by Gasteiger charge is -2.25. The van der Waals surface area contributed by atoms with Crippen LogP contribution in [0.15, 0.2) is 18.2 Å². The Morgan fingerprint density at radius 3 is 2.64 bits per heavy atom. The lowest BCUT2D eigenvalue weighted by atomic mass is 10.2. The summed E-state index contributed by atoms with van der Waals surface area (Å²) in [7, 11) is -3.35. The number of carbonyl (C=O) groups is 1. The minimum absolute atomic E-state index is 0.129. The second kappa shape index (κ2) is 7.08. The molecule has 0 unspecified atom stereocenters. The summed E-state index contributed by atoms with van der Waals surface area (Å²) in [6.07, 6.45) is 1.09. The van der Waals surface area contributed by atoms with E-state index in [9.17, 15) is 13.2 Å². The number of carbonyl (C=O) groups excluding carboxylic acids is 1. The molecule has 0 aromatic heterocycles. The van der Waals surface area contributed by atoms with Crippen molar-refractivity contribution in [1.29, 1.82) is 0 Å². The molecule has 0 aliphatic carbocycles. The van der Waals surface area contributed by atoms with Gasteiger partial charge in [0.1, 0.15) is 0 Å². The van der Waals surface area contributed by atoms with Crippen LogP contribution in [-0.4, -0.2) is 58.3 Å². The first-order chi connectivity index (χ1) is 10.3. The van der Waals surface area contributed by atoms with Gasteiger partial charge in [0.05, 0.1) is 31.7 Å². The van der Waals surface area contributed by atoms with Crippen LogP contribution in [0.25, 0.3) is 0 Å². The largest absolute Gasteiger partial charge is 0.379 e. The number of nitrogens with zero attached hydrogens (tertiary/aromatic N) is 1. The van der Waals surface area contributed by atoms with E-state index in [0.29, 0.717) is 31.1 Å². The molecule has 1 aromatic carbocycles. The molecule has 1 heterocycles. The molecule has 0 saturated carbocycles. The van der Waals surface area contributed by atoms with Gasteiger partial charge in [0.25, 0.3) is 0 Å². The Balaban J connectivity index is 1.99. The van der Waals surface area contributed by atoms with E-state index in [1.165, 1.54) is 0 Å². The highest BCUT2D eigenvalue weighted by atomic mass is 32.2. The molecule has 1 amide bonds. The van der Waals surface area contributed by atoms with Crippen molar-refractivity contribution in [2.24, 2.45) is 0 Å². The summed E-state index contributed by atoms with van der Waals surface area (Å²) < 4.78 is 30.3. The summed E-state index contributed by atoms with van der Waals surface area (Å²) in [5, 5.41) is 2.79. The van der Waals surface area contributed by atoms with Gasteiger partial charge in [0.2, 0.25) is 15.9 Å². The summed E-state index contributed by atoms with van der Waals surface area (Å²) in [5.74, 6) is -0.129. The molecule has 1 aliphatic rings. The molecule has 0 bridgehead atoms. The molecule has 122 valence electrons. The van der Waals surface area contributed by atoms with Gasteiger partial charge in [-0.3, -0.25) is 14.4 Å². The molecule has 1 fully saturated rings. The fourth-order valence-electron chi connectivity index (χ4n) is 2.17. The Bertz CT molecular complexity index is 639. The number of hydrogen-bond acceptors (Lipinski definition) is 5. The first-order valence-electron chi connectivity index (χ1n) is 7.02. The van der Waals surface area contributed by atoms with Gasteiger partial charge in [-0.2, -0.15) is 0 Å². The quantitative estimate of drug-likeness (QED) is 0.828. The van der Waals surface area contributed by atoms with Gasteiger partial charge in [0, 0.05) is 18.8 Å². The van der Waals surface area contributed by atoms with E-state index >= 15 is 0 Å². The van der Waals surface area contributed by atoms with E-state index in [1.807, 2.05) is 4.90 Å². The second-order valence-electron chi connectivity index (χ2n) is 5.34. The number of anilines is 2. The van der Waals surface area contributed by atoms with E-state index in [0.717, 1.165) is 24.9 Å². The maximum absolute atomic E-state index is 12.0. The Morgan fingerprint density at radius 2 is 2.00 bits per heavy atom. The van der Waals surface area contributed by atoms with Gasteiger partial charge < -0.3 is 10.1 Å². The molecule has 0 spiro atoms. The van der Waals surface area contributed by atoms with E-state index in [4.69, 9.17) is 4.74 Å². The molecule has 0 atom stereocenters. The third kappa shape index (κ3) is 5.28. The van der Waals surface area contributed by atoms with Crippen molar-refractivity contribution in [2.75, 3.05) is 49.1 Å². The fraction of sp³-hybridized carbons (Fsp3) is 0.500. The van der Waals surface area contributed by atoms with E-state index in [-0.39, 0.29) is 5.91 Å². The molecule has 8 heteroatoms. The summed E-state index contributed by atoms with van der Waals surface area (Å²) >= 11 is 0. The maximum Gasteiger partial charge on any atom is 0.238 e. The Morgan fingerprint density at radius 1 is 1.32 bits per heavy atom. The number of aryl methyl sites for hydroxylation is 1. The zero-order chi connectivity index (χ0) is 16.2. The molecule has 2 N–H and O–H groups in total. The van der Waals surface area contributed by atoms with Crippen LogP contribution in [0.2, 0.25) is 0 Å². The number of sulfonamides is 1. The first-order valence-corrected chi connectivity index (χ1v) is 8.91. The molecule has 1 saturated heterocycles. The number of rotatable bonds is 5. The van der Waals surface area contributed by atoms with Gasteiger partial charge in [-0.05, 0) is 24.6 Å². The molecule has 1 aromatic rings. The van der Waals surface area contributed by atoms with E-state index in [2.05, 4.69) is 10.0 Å². The predicted molar refractivity (Wildman–Crippen MR) is 85.5 cm³/mol. The average molecular weight is 327 g/mol. The number of amides is 1. The molecule has 7 nitrogen and oxygen atoms in total. The van der Waals surface area contributed by atoms with Crippen molar-refractivity contribution in [3.63, 3.8) is 0 Å². The number of nitrogens with one attached hydrogen (secondary N) is 2. The molecule has 22 heavy (non-hydrogen) atoms. The highest BCUT2D eigenvalue weighted by molar-refractivity contribution is 7.92. The number of hydrogen-bond donors (Lipinski definition) is 2. The van der Waals surface area contributed by atoms with E-state index in [1.54, 1.807) is 25.1 Å². The summed E-state index contributed by atoms with van der Waals surface area (Å²) in [6.45, 7) is 4.85. The number of ether oxygens (including phenoxy) is 1. The number of morpholine rings is 1. The van der Waals surface area contributed by atoms with Crippen LogP contribution >= 0.6 is 0 Å². The van der Waals surface area contributed by atoms with Crippen LogP contribution in [0, 0.1) is 6.92 Å². The third-order valence-electron chi connectivity index (χ3n) is 3.29. The standard InChI is InChI=1S/C14H21N3O4S/c1-11-3-4-12(9-13(11)16-22(2,19)20)15-14(18)10-17-5-7-21-8-6-17/h3-4,9,16H,5-8,10H2,1-2H3,(H,15,18). The van der Waals surface area contributed by atoms with Crippen LogP contribution in [-0.2, 0) is 19.6 Å². The third-order valence-corrected chi connectivity index (χ3v) is 3.88. The average Bonchev–Trinajstić information content (AvgIpc) is 2.42. The van der Waals surface area contributed by atoms with Crippen molar-refractivity contribution in [2.45, 2.75) is 6.92 Å². The molecule has 2 rings (SSSR count). The summed E-state index contributed by atoms with van der Waals surface area (Å²) in [4.78, 5) is 14.0. The Kier molecular flexibility index (Phi) is 5.38. The summed E-state index contributed by atoms with van der Waals surface area (Å²) in [6, 6.07) is 5.13. The smallest absolute Gasteiger partial charge is 0.238 e. The molecular formula is C14H21N3O4S. The molecule has 1 aliphatic heterocycles. The van der Waals surface area contributed by atoms with Gasteiger partial charge >= 0.3 is 0 Å². The Labute approximate surface area is 130 Å². The zero-order valence-electron chi connectivity index (χ0n) is 12.8. The maximum atomic E-state index is 12.0. The minimum atomic E-state index is -3.35. The van der Waals surface area contributed by atoms with Gasteiger partial charge in [0.15, 0.2) is 0 Å². The van der Waals surface area contributed by atoms with Gasteiger partial charge in [-0.25, -0.2) is 8.42 Å². The Hall–Kier alpha value is -1.64. The predicted octanol–water partition coefficient (Wildman–Crippen LogP) is 0.637. The lowest BCUT2D eigenvalue weighted by molar-refractivity contribution is -0.118.